The summed E-state index contributed by atoms with van der Waals surface area (Å²) >= 11 is 5.95. The Hall–Kier alpha value is -1.71. The molecule has 0 unspecified atom stereocenters. The van der Waals surface area contributed by atoms with Crippen LogP contribution in [0.3, 0.4) is 0 Å². The van der Waals surface area contributed by atoms with E-state index in [0.29, 0.717) is 6.04 Å². The minimum atomic E-state index is 0.342. The highest BCUT2D eigenvalue weighted by Gasteiger charge is 2.22. The van der Waals surface area contributed by atoms with Crippen molar-refractivity contribution in [3.63, 3.8) is 0 Å². The summed E-state index contributed by atoms with van der Waals surface area (Å²) < 4.78 is 10.9. The fourth-order valence-corrected chi connectivity index (χ4v) is 3.31. The summed E-state index contributed by atoms with van der Waals surface area (Å²) in [5, 5.41) is 4.41. The lowest BCUT2D eigenvalue weighted by Gasteiger charge is -2.28. The number of rotatable bonds is 5. The second-order valence-electron chi connectivity index (χ2n) is 5.83. The summed E-state index contributed by atoms with van der Waals surface area (Å²) in [4.78, 5) is 0. The Labute approximate surface area is 142 Å². The molecule has 0 radical (unpaired) electrons. The molecule has 3 nitrogen and oxygen atoms in total. The Kier molecular flexibility index (Phi) is 5.09. The standard InChI is InChI=1S/C19H22ClNO2/c1-22-18-11-14-9-10-21-17(16(14)12-19(18)23-2)8-5-13-3-6-15(20)7-4-13/h3-4,6-7,11-12,17,21H,5,8-10H2,1-2H3/t17-/m1/s1. The second kappa shape index (κ2) is 7.24. The zero-order valence-electron chi connectivity index (χ0n) is 13.6. The van der Waals surface area contributed by atoms with Crippen molar-refractivity contribution in [2.24, 2.45) is 0 Å². The van der Waals surface area contributed by atoms with Crippen molar-refractivity contribution < 1.29 is 9.47 Å². The van der Waals surface area contributed by atoms with Gasteiger partial charge in [-0.3, -0.25) is 0 Å². The quantitative estimate of drug-likeness (QED) is 0.891. The van der Waals surface area contributed by atoms with Crippen LogP contribution in [-0.2, 0) is 12.8 Å². The van der Waals surface area contributed by atoms with E-state index in [1.807, 2.05) is 12.1 Å². The lowest BCUT2D eigenvalue weighted by Crippen LogP contribution is -2.30. The fraction of sp³-hybridized carbons (Fsp3) is 0.368. The molecule has 0 bridgehead atoms. The van der Waals surface area contributed by atoms with Gasteiger partial charge in [0.15, 0.2) is 11.5 Å². The summed E-state index contributed by atoms with van der Waals surface area (Å²) in [5.41, 5.74) is 3.98. The van der Waals surface area contributed by atoms with Crippen LogP contribution in [0.5, 0.6) is 11.5 Å². The molecule has 1 N–H and O–H groups in total. The molecular formula is C19H22ClNO2. The van der Waals surface area contributed by atoms with Gasteiger partial charge in [0.2, 0.25) is 0 Å². The van der Waals surface area contributed by atoms with E-state index in [-0.39, 0.29) is 0 Å². The highest BCUT2D eigenvalue weighted by molar-refractivity contribution is 6.30. The summed E-state index contributed by atoms with van der Waals surface area (Å²) in [5.74, 6) is 1.61. The minimum Gasteiger partial charge on any atom is -0.493 e. The van der Waals surface area contributed by atoms with Gasteiger partial charge in [-0.05, 0) is 66.8 Å². The molecule has 0 fully saturated rings. The first-order valence-corrected chi connectivity index (χ1v) is 8.31. The highest BCUT2D eigenvalue weighted by atomic mass is 35.5. The van der Waals surface area contributed by atoms with Crippen LogP contribution >= 0.6 is 11.6 Å². The van der Waals surface area contributed by atoms with Crippen LogP contribution in [0.25, 0.3) is 0 Å². The monoisotopic (exact) mass is 331 g/mol. The number of fused-ring (bicyclic) bond motifs is 1. The van der Waals surface area contributed by atoms with Crippen molar-refractivity contribution in [2.75, 3.05) is 20.8 Å². The van der Waals surface area contributed by atoms with Gasteiger partial charge < -0.3 is 14.8 Å². The molecule has 4 heteroatoms. The summed E-state index contributed by atoms with van der Waals surface area (Å²) in [6.07, 6.45) is 3.08. The number of aryl methyl sites for hydroxylation is 1. The SMILES string of the molecule is COc1cc2c(cc1OC)[C@@H](CCc1ccc(Cl)cc1)NCC2. The Balaban J connectivity index is 1.79. The number of hydrogen-bond donors (Lipinski definition) is 1. The Morgan fingerprint density at radius 2 is 1.78 bits per heavy atom. The molecule has 0 amide bonds. The number of ether oxygens (including phenoxy) is 2. The Morgan fingerprint density at radius 1 is 1.09 bits per heavy atom. The fourth-order valence-electron chi connectivity index (χ4n) is 3.19. The van der Waals surface area contributed by atoms with Gasteiger partial charge in [0.05, 0.1) is 14.2 Å². The molecule has 23 heavy (non-hydrogen) atoms. The predicted molar refractivity (Wildman–Crippen MR) is 93.8 cm³/mol. The van der Waals surface area contributed by atoms with Gasteiger partial charge in [-0.25, -0.2) is 0 Å². The molecular weight excluding hydrogens is 310 g/mol. The number of methoxy groups -OCH3 is 2. The van der Waals surface area contributed by atoms with Gasteiger partial charge in [-0.1, -0.05) is 23.7 Å². The van der Waals surface area contributed by atoms with E-state index in [0.717, 1.165) is 42.3 Å². The van der Waals surface area contributed by atoms with Gasteiger partial charge >= 0.3 is 0 Å². The predicted octanol–water partition coefficient (Wildman–Crippen LogP) is 4.18. The third kappa shape index (κ3) is 3.62. The molecule has 2 aromatic carbocycles. The van der Waals surface area contributed by atoms with Crippen LogP contribution in [0.1, 0.15) is 29.2 Å². The molecule has 122 valence electrons. The Morgan fingerprint density at radius 3 is 2.48 bits per heavy atom. The van der Waals surface area contributed by atoms with E-state index in [4.69, 9.17) is 21.1 Å². The highest BCUT2D eigenvalue weighted by Crippen LogP contribution is 2.36. The van der Waals surface area contributed by atoms with Crippen molar-refractivity contribution in [1.82, 2.24) is 5.32 Å². The molecule has 0 saturated carbocycles. The lowest BCUT2D eigenvalue weighted by atomic mass is 9.90. The van der Waals surface area contributed by atoms with Gasteiger partial charge in [-0.2, -0.15) is 0 Å². The third-order valence-corrected chi connectivity index (χ3v) is 4.69. The van der Waals surface area contributed by atoms with Crippen LogP contribution in [0.15, 0.2) is 36.4 Å². The molecule has 0 aromatic heterocycles. The molecule has 0 aliphatic carbocycles. The molecule has 1 heterocycles. The summed E-state index contributed by atoms with van der Waals surface area (Å²) in [7, 11) is 3.37. The van der Waals surface area contributed by atoms with E-state index in [1.54, 1.807) is 14.2 Å². The smallest absolute Gasteiger partial charge is 0.161 e. The van der Waals surface area contributed by atoms with Crippen molar-refractivity contribution in [2.45, 2.75) is 25.3 Å². The summed E-state index contributed by atoms with van der Waals surface area (Å²) in [6, 6.07) is 12.7. The summed E-state index contributed by atoms with van der Waals surface area (Å²) in [6.45, 7) is 0.994. The van der Waals surface area contributed by atoms with Crippen molar-refractivity contribution in [3.8, 4) is 11.5 Å². The Bertz CT molecular complexity index is 670. The molecule has 0 saturated heterocycles. The van der Waals surface area contributed by atoms with Crippen LogP contribution in [0, 0.1) is 0 Å². The number of nitrogens with one attached hydrogen (secondary N) is 1. The molecule has 2 aromatic rings. The first-order valence-electron chi connectivity index (χ1n) is 7.94. The van der Waals surface area contributed by atoms with Gasteiger partial charge in [0, 0.05) is 11.1 Å². The average molecular weight is 332 g/mol. The van der Waals surface area contributed by atoms with E-state index < -0.39 is 0 Å². The topological polar surface area (TPSA) is 30.5 Å². The molecule has 0 spiro atoms. The van der Waals surface area contributed by atoms with E-state index in [9.17, 15) is 0 Å². The molecule has 1 atom stereocenters. The normalized spacial score (nSPS) is 16.7. The van der Waals surface area contributed by atoms with Gasteiger partial charge in [-0.15, -0.1) is 0 Å². The first-order chi connectivity index (χ1) is 11.2. The second-order valence-corrected chi connectivity index (χ2v) is 6.26. The van der Waals surface area contributed by atoms with Crippen LogP contribution in [0.2, 0.25) is 5.02 Å². The number of benzene rings is 2. The van der Waals surface area contributed by atoms with Gasteiger partial charge in [0.1, 0.15) is 0 Å². The minimum absolute atomic E-state index is 0.342. The van der Waals surface area contributed by atoms with Crippen LogP contribution < -0.4 is 14.8 Å². The van der Waals surface area contributed by atoms with E-state index >= 15 is 0 Å². The van der Waals surface area contributed by atoms with Crippen LogP contribution in [-0.4, -0.2) is 20.8 Å². The first kappa shape index (κ1) is 16.2. The molecule has 1 aliphatic heterocycles. The maximum absolute atomic E-state index is 5.95. The van der Waals surface area contributed by atoms with E-state index in [2.05, 4.69) is 29.6 Å². The van der Waals surface area contributed by atoms with Crippen molar-refractivity contribution >= 4 is 11.6 Å². The lowest BCUT2D eigenvalue weighted by molar-refractivity contribution is 0.351. The number of hydrogen-bond acceptors (Lipinski definition) is 3. The molecule has 3 rings (SSSR count). The maximum atomic E-state index is 5.95. The van der Waals surface area contributed by atoms with E-state index in [1.165, 1.54) is 16.7 Å². The zero-order valence-corrected chi connectivity index (χ0v) is 14.3. The van der Waals surface area contributed by atoms with Gasteiger partial charge in [0.25, 0.3) is 0 Å². The zero-order chi connectivity index (χ0) is 16.2. The maximum Gasteiger partial charge on any atom is 0.161 e. The molecule has 1 aliphatic rings. The van der Waals surface area contributed by atoms with Crippen LogP contribution in [0.4, 0.5) is 0 Å². The average Bonchev–Trinajstić information content (AvgIpc) is 2.60. The number of halogens is 1. The van der Waals surface area contributed by atoms with Crippen molar-refractivity contribution in [3.05, 3.63) is 58.1 Å². The van der Waals surface area contributed by atoms with Crippen molar-refractivity contribution in [1.29, 1.82) is 0 Å². The largest absolute Gasteiger partial charge is 0.493 e. The third-order valence-electron chi connectivity index (χ3n) is 4.44.